The fourth-order valence-corrected chi connectivity index (χ4v) is 7.01. The van der Waals surface area contributed by atoms with Gasteiger partial charge in [0.15, 0.2) is 11.6 Å². The predicted octanol–water partition coefficient (Wildman–Crippen LogP) is 6.67. The fraction of sp³-hybridized carbons (Fsp3) is 0.581. The monoisotopic (exact) mass is 551 g/mol. The quantitative estimate of drug-likeness (QED) is 0.347. The number of halogens is 2. The van der Waals surface area contributed by atoms with Crippen LogP contribution in [0.15, 0.2) is 41.5 Å². The summed E-state index contributed by atoms with van der Waals surface area (Å²) in [5, 5.41) is 3.54. The van der Waals surface area contributed by atoms with Crippen molar-refractivity contribution in [3.05, 3.63) is 58.8 Å². The third-order valence-electron chi connectivity index (χ3n) is 9.25. The molecule has 3 aromatic rings. The van der Waals surface area contributed by atoms with E-state index in [2.05, 4.69) is 10.3 Å². The number of ether oxygens (including phenoxy) is 1. The normalized spacial score (nSPS) is 23.1. The van der Waals surface area contributed by atoms with Crippen molar-refractivity contribution in [3.8, 4) is 17.1 Å². The maximum Gasteiger partial charge on any atom is 0.333 e. The second kappa shape index (κ2) is 12.2. The van der Waals surface area contributed by atoms with Crippen molar-refractivity contribution in [1.82, 2.24) is 19.1 Å². The van der Waals surface area contributed by atoms with Gasteiger partial charge in [0.05, 0.1) is 17.1 Å². The van der Waals surface area contributed by atoms with Crippen molar-refractivity contribution < 1.29 is 13.5 Å². The van der Waals surface area contributed by atoms with Crippen molar-refractivity contribution in [3.63, 3.8) is 0 Å². The Morgan fingerprint density at radius 1 is 0.850 bits per heavy atom. The van der Waals surface area contributed by atoms with Crippen LogP contribution in [0.4, 0.5) is 14.7 Å². The maximum absolute atomic E-state index is 14.2. The minimum atomic E-state index is -1.00. The van der Waals surface area contributed by atoms with Crippen molar-refractivity contribution in [2.45, 2.75) is 89.1 Å². The Bertz CT molecular complexity index is 1350. The number of nitrogens with zero attached hydrogens (tertiary/aromatic N) is 4. The molecule has 9 heteroatoms. The lowest BCUT2D eigenvalue weighted by Crippen LogP contribution is -2.30. The van der Waals surface area contributed by atoms with E-state index in [4.69, 9.17) is 9.72 Å². The Morgan fingerprint density at radius 3 is 2.30 bits per heavy atom. The molecule has 2 aromatic heterocycles. The molecule has 2 saturated carbocycles. The van der Waals surface area contributed by atoms with Gasteiger partial charge in [0.1, 0.15) is 0 Å². The molecule has 0 spiro atoms. The van der Waals surface area contributed by atoms with Gasteiger partial charge in [0, 0.05) is 43.8 Å². The summed E-state index contributed by atoms with van der Waals surface area (Å²) in [6.45, 7) is 1.15. The summed E-state index contributed by atoms with van der Waals surface area (Å²) in [6, 6.07) is 5.57. The van der Waals surface area contributed by atoms with Crippen LogP contribution in [-0.2, 0) is 4.74 Å². The van der Waals surface area contributed by atoms with Crippen LogP contribution < -0.4 is 11.0 Å². The molecule has 1 N–H and O–H groups in total. The van der Waals surface area contributed by atoms with E-state index in [-0.39, 0.29) is 17.4 Å². The van der Waals surface area contributed by atoms with Gasteiger partial charge in [-0.25, -0.2) is 23.5 Å². The highest BCUT2D eigenvalue weighted by Crippen LogP contribution is 2.38. The number of nitrogens with one attached hydrogen (secondary N) is 1. The van der Waals surface area contributed by atoms with Crippen LogP contribution in [0, 0.1) is 23.5 Å². The Kier molecular flexibility index (Phi) is 8.27. The van der Waals surface area contributed by atoms with E-state index in [1.54, 1.807) is 23.0 Å². The molecule has 3 aliphatic rings. The lowest BCUT2D eigenvalue weighted by Gasteiger charge is -2.34. The number of rotatable bonds is 6. The van der Waals surface area contributed by atoms with Crippen LogP contribution in [-0.4, -0.2) is 38.4 Å². The average Bonchev–Trinajstić information content (AvgIpc) is 3.13. The van der Waals surface area contributed by atoms with Gasteiger partial charge in [-0.15, -0.1) is 0 Å². The topological polar surface area (TPSA) is 74.0 Å². The first-order chi connectivity index (χ1) is 19.6. The molecular weight excluding hydrogens is 512 g/mol. The van der Waals surface area contributed by atoms with E-state index in [1.807, 2.05) is 0 Å². The number of hydrogen-bond donors (Lipinski definition) is 1. The Morgan fingerprint density at radius 2 is 1.57 bits per heavy atom. The van der Waals surface area contributed by atoms with E-state index in [1.165, 1.54) is 62.0 Å². The van der Waals surface area contributed by atoms with E-state index >= 15 is 0 Å². The summed E-state index contributed by atoms with van der Waals surface area (Å²) in [5.74, 6) is 0.288. The van der Waals surface area contributed by atoms with Gasteiger partial charge in [-0.3, -0.25) is 9.13 Å². The van der Waals surface area contributed by atoms with Gasteiger partial charge in [0.2, 0.25) is 5.95 Å². The van der Waals surface area contributed by atoms with Gasteiger partial charge in [-0.05, 0) is 68.6 Å². The second-order valence-electron chi connectivity index (χ2n) is 11.8. The number of imidazole rings is 1. The van der Waals surface area contributed by atoms with Crippen LogP contribution in [0.2, 0.25) is 0 Å². The largest absolute Gasteiger partial charge is 0.381 e. The summed E-state index contributed by atoms with van der Waals surface area (Å²) >= 11 is 0. The minimum Gasteiger partial charge on any atom is -0.381 e. The lowest BCUT2D eigenvalue weighted by atomic mass is 9.75. The number of benzene rings is 1. The highest BCUT2D eigenvalue weighted by atomic mass is 19.2. The highest BCUT2D eigenvalue weighted by molar-refractivity contribution is 5.59. The van der Waals surface area contributed by atoms with Crippen LogP contribution in [0.3, 0.4) is 0 Å². The molecule has 0 radical (unpaired) electrons. The maximum atomic E-state index is 14.2. The molecule has 214 valence electrons. The lowest BCUT2D eigenvalue weighted by molar-refractivity contribution is 0.0686. The van der Waals surface area contributed by atoms with Crippen molar-refractivity contribution in [2.75, 3.05) is 18.5 Å². The number of aromatic nitrogens is 4. The van der Waals surface area contributed by atoms with E-state index in [0.717, 1.165) is 36.8 Å². The zero-order chi connectivity index (χ0) is 27.5. The molecule has 6 rings (SSSR count). The average molecular weight is 552 g/mol. The summed E-state index contributed by atoms with van der Waals surface area (Å²) in [7, 11) is 0. The van der Waals surface area contributed by atoms with Crippen LogP contribution in [0.5, 0.6) is 0 Å². The molecule has 3 fully saturated rings. The predicted molar refractivity (Wildman–Crippen MR) is 151 cm³/mol. The van der Waals surface area contributed by atoms with Gasteiger partial charge in [0.25, 0.3) is 0 Å². The van der Waals surface area contributed by atoms with Gasteiger partial charge >= 0.3 is 5.69 Å². The van der Waals surface area contributed by atoms with Gasteiger partial charge in [-0.2, -0.15) is 0 Å². The summed E-state index contributed by atoms with van der Waals surface area (Å²) in [5.41, 5.74) is 1.02. The van der Waals surface area contributed by atoms with E-state index < -0.39 is 11.6 Å². The van der Waals surface area contributed by atoms with Crippen molar-refractivity contribution >= 4 is 5.95 Å². The molecule has 1 aliphatic heterocycles. The summed E-state index contributed by atoms with van der Waals surface area (Å²) in [4.78, 5) is 22.9. The number of hydrogen-bond acceptors (Lipinski definition) is 5. The molecule has 2 aliphatic carbocycles. The fourth-order valence-electron chi connectivity index (χ4n) is 7.01. The zero-order valence-electron chi connectivity index (χ0n) is 23.0. The Balaban J connectivity index is 1.24. The molecule has 0 bridgehead atoms. The molecule has 40 heavy (non-hydrogen) atoms. The molecule has 1 aromatic carbocycles. The summed E-state index contributed by atoms with van der Waals surface area (Å²) < 4.78 is 36.6. The zero-order valence-corrected chi connectivity index (χ0v) is 23.0. The Labute approximate surface area is 234 Å². The van der Waals surface area contributed by atoms with Crippen LogP contribution in [0.1, 0.15) is 83.1 Å². The first-order valence-electron chi connectivity index (χ1n) is 15.0. The first-order valence-corrected chi connectivity index (χ1v) is 15.0. The smallest absolute Gasteiger partial charge is 0.333 e. The molecule has 1 saturated heterocycles. The SMILES string of the molecule is O=c1n(C2CCOCC2)cc(-c2ccnc(N[C@H]3CC[C@H](C4CCCCCC4)CC3)n2)n1-c1ccc(F)c(F)c1. The van der Waals surface area contributed by atoms with Gasteiger partial charge < -0.3 is 10.1 Å². The number of anilines is 1. The molecular formula is C31H39F2N5O2. The third kappa shape index (κ3) is 5.85. The van der Waals surface area contributed by atoms with Crippen molar-refractivity contribution in [1.29, 1.82) is 0 Å². The molecule has 7 nitrogen and oxygen atoms in total. The third-order valence-corrected chi connectivity index (χ3v) is 9.25. The van der Waals surface area contributed by atoms with Crippen LogP contribution in [0.25, 0.3) is 17.1 Å². The van der Waals surface area contributed by atoms with Crippen LogP contribution >= 0.6 is 0 Å². The van der Waals surface area contributed by atoms with E-state index in [9.17, 15) is 13.6 Å². The minimum absolute atomic E-state index is 0.0328. The molecule has 3 heterocycles. The van der Waals surface area contributed by atoms with Crippen molar-refractivity contribution in [2.24, 2.45) is 11.8 Å². The first kappa shape index (κ1) is 27.1. The highest BCUT2D eigenvalue weighted by Gasteiger charge is 2.29. The second-order valence-corrected chi connectivity index (χ2v) is 11.8. The van der Waals surface area contributed by atoms with Gasteiger partial charge in [-0.1, -0.05) is 38.5 Å². The Hall–Kier alpha value is -3.07. The standard InChI is InChI=1S/C31H39F2N5O2/c32-26-12-11-25(19-27(26)33)38-29(20-37(31(38)39)24-14-17-40-18-15-24)28-13-16-34-30(36-28)35-23-9-7-22(8-10-23)21-5-3-1-2-4-6-21/h11-13,16,19-24H,1-10,14-15,17-18H2,(H,34,35,36)/t22-,23-. The molecule has 0 unspecified atom stereocenters. The molecule has 0 atom stereocenters. The molecule has 0 amide bonds. The summed E-state index contributed by atoms with van der Waals surface area (Å²) in [6.07, 6.45) is 17.9. The van der Waals surface area contributed by atoms with E-state index in [0.29, 0.717) is 49.4 Å².